The Hall–Kier alpha value is -1.80. The summed E-state index contributed by atoms with van der Waals surface area (Å²) >= 11 is 0. The zero-order valence-corrected chi connectivity index (χ0v) is 10.0. The summed E-state index contributed by atoms with van der Waals surface area (Å²) in [4.78, 5) is 2.20. The standard InChI is InChI=1S/C15H17NO/c1-2-16(14-9-4-3-5-10-14)15-11-7-6-8-13(15)12-17/h3-11,17H,2,12H2,1H3. The lowest BCUT2D eigenvalue weighted by atomic mass is 10.1. The molecule has 1 N–H and O–H groups in total. The van der Waals surface area contributed by atoms with Gasteiger partial charge in [0.25, 0.3) is 0 Å². The predicted octanol–water partition coefficient (Wildman–Crippen LogP) is 3.34. The van der Waals surface area contributed by atoms with Crippen molar-refractivity contribution < 1.29 is 5.11 Å². The third-order valence-electron chi connectivity index (χ3n) is 2.84. The van der Waals surface area contributed by atoms with Gasteiger partial charge in [0, 0.05) is 23.5 Å². The molecule has 0 aliphatic rings. The predicted molar refractivity (Wildman–Crippen MR) is 71.5 cm³/mol. The van der Waals surface area contributed by atoms with Crippen LogP contribution in [0.5, 0.6) is 0 Å². The first-order valence-corrected chi connectivity index (χ1v) is 5.88. The lowest BCUT2D eigenvalue weighted by Crippen LogP contribution is -2.17. The van der Waals surface area contributed by atoms with Crippen LogP contribution in [0.15, 0.2) is 54.6 Å². The van der Waals surface area contributed by atoms with Gasteiger partial charge in [-0.25, -0.2) is 0 Å². The summed E-state index contributed by atoms with van der Waals surface area (Å²) < 4.78 is 0. The van der Waals surface area contributed by atoms with Gasteiger partial charge < -0.3 is 10.0 Å². The van der Waals surface area contributed by atoms with Crippen molar-refractivity contribution in [2.45, 2.75) is 13.5 Å². The highest BCUT2D eigenvalue weighted by Gasteiger charge is 2.09. The first kappa shape index (κ1) is 11.7. The van der Waals surface area contributed by atoms with Crippen molar-refractivity contribution in [3.63, 3.8) is 0 Å². The van der Waals surface area contributed by atoms with E-state index in [4.69, 9.17) is 0 Å². The molecule has 0 bridgehead atoms. The monoisotopic (exact) mass is 227 g/mol. The Labute approximate surface area is 102 Å². The fourth-order valence-corrected chi connectivity index (χ4v) is 2.01. The van der Waals surface area contributed by atoms with E-state index in [9.17, 15) is 5.11 Å². The number of benzene rings is 2. The van der Waals surface area contributed by atoms with E-state index in [1.807, 2.05) is 42.5 Å². The highest BCUT2D eigenvalue weighted by Crippen LogP contribution is 2.27. The second-order valence-corrected chi connectivity index (χ2v) is 3.87. The maximum Gasteiger partial charge on any atom is 0.0702 e. The zero-order valence-electron chi connectivity index (χ0n) is 10.0. The van der Waals surface area contributed by atoms with E-state index in [1.165, 1.54) is 0 Å². The number of aliphatic hydroxyl groups excluding tert-OH is 1. The van der Waals surface area contributed by atoms with Gasteiger partial charge in [-0.05, 0) is 25.1 Å². The van der Waals surface area contributed by atoms with Gasteiger partial charge in [-0.3, -0.25) is 0 Å². The molecule has 2 nitrogen and oxygen atoms in total. The Kier molecular flexibility index (Phi) is 3.78. The first-order valence-electron chi connectivity index (χ1n) is 5.88. The molecule has 0 amide bonds. The Morgan fingerprint density at radius 2 is 1.59 bits per heavy atom. The molecule has 2 heteroatoms. The molecule has 88 valence electrons. The van der Waals surface area contributed by atoms with Gasteiger partial charge in [0.2, 0.25) is 0 Å². The summed E-state index contributed by atoms with van der Waals surface area (Å²) in [6, 6.07) is 18.2. The number of nitrogens with zero attached hydrogens (tertiary/aromatic N) is 1. The molecule has 0 aliphatic carbocycles. The van der Waals surface area contributed by atoms with Crippen molar-refractivity contribution >= 4 is 11.4 Å². The van der Waals surface area contributed by atoms with Crippen molar-refractivity contribution in [1.82, 2.24) is 0 Å². The smallest absolute Gasteiger partial charge is 0.0702 e. The molecule has 0 fully saturated rings. The van der Waals surface area contributed by atoms with E-state index in [-0.39, 0.29) is 6.61 Å². The fraction of sp³-hybridized carbons (Fsp3) is 0.200. The Bertz CT molecular complexity index is 467. The average Bonchev–Trinajstić information content (AvgIpc) is 2.41. The van der Waals surface area contributed by atoms with E-state index >= 15 is 0 Å². The number of rotatable bonds is 4. The number of aliphatic hydroxyl groups is 1. The minimum absolute atomic E-state index is 0.0690. The molecule has 0 saturated heterocycles. The molecule has 0 aliphatic heterocycles. The van der Waals surface area contributed by atoms with E-state index in [2.05, 4.69) is 24.0 Å². The summed E-state index contributed by atoms with van der Waals surface area (Å²) in [6.07, 6.45) is 0. The van der Waals surface area contributed by atoms with Gasteiger partial charge >= 0.3 is 0 Å². The van der Waals surface area contributed by atoms with Gasteiger partial charge in [0.1, 0.15) is 0 Å². The van der Waals surface area contributed by atoms with E-state index in [1.54, 1.807) is 0 Å². The van der Waals surface area contributed by atoms with Crippen LogP contribution in [0.1, 0.15) is 12.5 Å². The molecular formula is C15H17NO. The molecular weight excluding hydrogens is 210 g/mol. The van der Waals surface area contributed by atoms with Crippen LogP contribution in [0.25, 0.3) is 0 Å². The van der Waals surface area contributed by atoms with Crippen LogP contribution in [0.2, 0.25) is 0 Å². The number of anilines is 2. The molecule has 0 unspecified atom stereocenters. The lowest BCUT2D eigenvalue weighted by molar-refractivity contribution is 0.282. The maximum atomic E-state index is 9.38. The molecule has 0 saturated carbocycles. The molecule has 2 rings (SSSR count). The van der Waals surface area contributed by atoms with Crippen molar-refractivity contribution in [2.75, 3.05) is 11.4 Å². The summed E-state index contributed by atoms with van der Waals surface area (Å²) in [5.41, 5.74) is 3.18. The topological polar surface area (TPSA) is 23.5 Å². The van der Waals surface area contributed by atoms with Gasteiger partial charge in [-0.15, -0.1) is 0 Å². The summed E-state index contributed by atoms with van der Waals surface area (Å²) in [6.45, 7) is 3.06. The lowest BCUT2D eigenvalue weighted by Gasteiger charge is -2.25. The molecule has 2 aromatic carbocycles. The van der Waals surface area contributed by atoms with Crippen molar-refractivity contribution in [3.05, 3.63) is 60.2 Å². The third kappa shape index (κ3) is 2.48. The van der Waals surface area contributed by atoms with Crippen LogP contribution in [-0.4, -0.2) is 11.7 Å². The molecule has 17 heavy (non-hydrogen) atoms. The Morgan fingerprint density at radius 1 is 0.941 bits per heavy atom. The van der Waals surface area contributed by atoms with Crippen LogP contribution in [-0.2, 0) is 6.61 Å². The molecule has 2 aromatic rings. The molecule has 0 atom stereocenters. The van der Waals surface area contributed by atoms with Gasteiger partial charge in [0.15, 0.2) is 0 Å². The van der Waals surface area contributed by atoms with Crippen molar-refractivity contribution in [1.29, 1.82) is 0 Å². The second kappa shape index (κ2) is 5.51. The quantitative estimate of drug-likeness (QED) is 0.866. The molecule has 0 aromatic heterocycles. The van der Waals surface area contributed by atoms with Crippen LogP contribution in [0.4, 0.5) is 11.4 Å². The first-order chi connectivity index (χ1) is 8.36. The van der Waals surface area contributed by atoms with Gasteiger partial charge in [-0.1, -0.05) is 36.4 Å². The van der Waals surface area contributed by atoms with Crippen LogP contribution >= 0.6 is 0 Å². The second-order valence-electron chi connectivity index (χ2n) is 3.87. The highest BCUT2D eigenvalue weighted by atomic mass is 16.3. The highest BCUT2D eigenvalue weighted by molar-refractivity contribution is 5.66. The number of hydrogen-bond acceptors (Lipinski definition) is 2. The zero-order chi connectivity index (χ0) is 12.1. The minimum atomic E-state index is 0.0690. The molecule has 0 spiro atoms. The van der Waals surface area contributed by atoms with E-state index in [0.717, 1.165) is 23.5 Å². The van der Waals surface area contributed by atoms with E-state index in [0.29, 0.717) is 0 Å². The Morgan fingerprint density at radius 3 is 2.24 bits per heavy atom. The fourth-order valence-electron chi connectivity index (χ4n) is 2.01. The van der Waals surface area contributed by atoms with Crippen molar-refractivity contribution in [2.24, 2.45) is 0 Å². The average molecular weight is 227 g/mol. The normalized spacial score (nSPS) is 10.2. The third-order valence-corrected chi connectivity index (χ3v) is 2.84. The SMILES string of the molecule is CCN(c1ccccc1)c1ccccc1CO. The number of hydrogen-bond donors (Lipinski definition) is 1. The van der Waals surface area contributed by atoms with Crippen LogP contribution in [0.3, 0.4) is 0 Å². The van der Waals surface area contributed by atoms with Crippen LogP contribution in [0, 0.1) is 0 Å². The number of para-hydroxylation sites is 2. The van der Waals surface area contributed by atoms with Crippen molar-refractivity contribution in [3.8, 4) is 0 Å². The van der Waals surface area contributed by atoms with E-state index < -0.39 is 0 Å². The summed E-state index contributed by atoms with van der Waals surface area (Å²) in [5.74, 6) is 0. The largest absolute Gasteiger partial charge is 0.392 e. The molecule has 0 heterocycles. The minimum Gasteiger partial charge on any atom is -0.392 e. The summed E-state index contributed by atoms with van der Waals surface area (Å²) in [7, 11) is 0. The Balaban J connectivity index is 2.42. The van der Waals surface area contributed by atoms with Crippen LogP contribution < -0.4 is 4.90 Å². The maximum absolute atomic E-state index is 9.38. The summed E-state index contributed by atoms with van der Waals surface area (Å²) in [5, 5.41) is 9.38. The molecule has 0 radical (unpaired) electrons. The van der Waals surface area contributed by atoms with Gasteiger partial charge in [-0.2, -0.15) is 0 Å². The van der Waals surface area contributed by atoms with Gasteiger partial charge in [0.05, 0.1) is 6.61 Å².